The van der Waals surface area contributed by atoms with Gasteiger partial charge in [-0.1, -0.05) is 0 Å². The molecule has 0 radical (unpaired) electrons. The van der Waals surface area contributed by atoms with Gasteiger partial charge in [0.1, 0.15) is 11.5 Å². The average molecular weight is 407 g/mol. The van der Waals surface area contributed by atoms with Gasteiger partial charge in [-0.05, 0) is 56.9 Å². The Balaban J connectivity index is 1.90. The molecule has 1 aromatic rings. The number of carbonyl (C=O) groups excluding carboxylic acids is 1. The maximum atomic E-state index is 11.8. The molecule has 8 heteroatoms. The highest BCUT2D eigenvalue weighted by atomic mass is 16.6. The van der Waals surface area contributed by atoms with Crippen LogP contribution in [0.5, 0.6) is 11.5 Å². The third-order valence-corrected chi connectivity index (χ3v) is 4.84. The molecule has 29 heavy (non-hydrogen) atoms. The molecule has 1 saturated heterocycles. The van der Waals surface area contributed by atoms with Crippen molar-refractivity contribution in [3.63, 3.8) is 0 Å². The van der Waals surface area contributed by atoms with Gasteiger partial charge in [0.05, 0.1) is 20.8 Å². The number of amides is 1. The second-order valence-corrected chi connectivity index (χ2v) is 6.79. The molecule has 1 fully saturated rings. The molecule has 0 aliphatic carbocycles. The normalized spacial score (nSPS) is 15.0. The Labute approximate surface area is 173 Å². The lowest BCUT2D eigenvalue weighted by Gasteiger charge is -2.32. The van der Waals surface area contributed by atoms with Crippen LogP contribution in [-0.2, 0) is 11.2 Å². The molecule has 8 nitrogen and oxygen atoms in total. The highest BCUT2D eigenvalue weighted by Gasteiger charge is 2.24. The van der Waals surface area contributed by atoms with Crippen molar-refractivity contribution in [2.75, 3.05) is 47.0 Å². The van der Waals surface area contributed by atoms with Crippen LogP contribution in [0, 0.1) is 0 Å². The molecule has 1 aromatic carbocycles. The van der Waals surface area contributed by atoms with Gasteiger partial charge in [-0.3, -0.25) is 4.99 Å². The third-order valence-electron chi connectivity index (χ3n) is 4.84. The predicted octanol–water partition coefficient (Wildman–Crippen LogP) is 2.42. The first-order valence-electron chi connectivity index (χ1n) is 10.3. The Morgan fingerprint density at radius 2 is 1.97 bits per heavy atom. The quantitative estimate of drug-likeness (QED) is 0.510. The van der Waals surface area contributed by atoms with Crippen LogP contribution in [0.4, 0.5) is 4.79 Å². The third kappa shape index (κ3) is 7.03. The van der Waals surface area contributed by atoms with E-state index in [1.54, 1.807) is 19.1 Å². The van der Waals surface area contributed by atoms with Crippen molar-refractivity contribution < 1.29 is 19.0 Å². The van der Waals surface area contributed by atoms with E-state index < -0.39 is 0 Å². The van der Waals surface area contributed by atoms with E-state index in [0.717, 1.165) is 48.8 Å². The van der Waals surface area contributed by atoms with Crippen LogP contribution in [0.15, 0.2) is 23.2 Å². The summed E-state index contributed by atoms with van der Waals surface area (Å²) in [6, 6.07) is 6.07. The summed E-state index contributed by atoms with van der Waals surface area (Å²) in [7, 11) is 3.33. The summed E-state index contributed by atoms with van der Waals surface area (Å²) in [4.78, 5) is 18.3. The first-order chi connectivity index (χ1) is 14.1. The van der Waals surface area contributed by atoms with Gasteiger partial charge >= 0.3 is 6.09 Å². The number of likely N-dealkylation sites (tertiary alicyclic amines) is 1. The van der Waals surface area contributed by atoms with Crippen molar-refractivity contribution in [1.82, 2.24) is 15.5 Å². The number of rotatable bonds is 8. The molecule has 2 N–H and O–H groups in total. The van der Waals surface area contributed by atoms with E-state index in [-0.39, 0.29) is 12.1 Å². The van der Waals surface area contributed by atoms with Crippen LogP contribution in [0.25, 0.3) is 0 Å². The maximum Gasteiger partial charge on any atom is 0.409 e. The lowest BCUT2D eigenvalue weighted by Crippen LogP contribution is -2.50. The van der Waals surface area contributed by atoms with Crippen LogP contribution in [-0.4, -0.2) is 70.0 Å². The first-order valence-corrected chi connectivity index (χ1v) is 10.3. The number of benzene rings is 1. The van der Waals surface area contributed by atoms with Gasteiger partial charge in [0.2, 0.25) is 0 Å². The number of nitrogens with one attached hydrogen (secondary N) is 2. The van der Waals surface area contributed by atoms with Crippen molar-refractivity contribution in [2.24, 2.45) is 4.99 Å². The molecule has 1 aliphatic rings. The molecule has 0 saturated carbocycles. The summed E-state index contributed by atoms with van der Waals surface area (Å²) in [5.41, 5.74) is 1.06. The second kappa shape index (κ2) is 12.0. The Hall–Kier alpha value is -2.64. The Bertz CT molecular complexity index is 673. The molecule has 1 aliphatic heterocycles. The van der Waals surface area contributed by atoms with Crippen LogP contribution < -0.4 is 20.1 Å². The summed E-state index contributed by atoms with van der Waals surface area (Å²) >= 11 is 0. The molecule has 0 bridgehead atoms. The largest absolute Gasteiger partial charge is 0.497 e. The number of hydrogen-bond donors (Lipinski definition) is 2. The van der Waals surface area contributed by atoms with Gasteiger partial charge in [-0.25, -0.2) is 4.79 Å². The Morgan fingerprint density at radius 1 is 1.21 bits per heavy atom. The van der Waals surface area contributed by atoms with E-state index in [9.17, 15) is 4.79 Å². The number of carbonyl (C=O) groups is 1. The minimum atomic E-state index is -0.223. The molecule has 0 aromatic heterocycles. The van der Waals surface area contributed by atoms with Gasteiger partial charge in [0.25, 0.3) is 0 Å². The van der Waals surface area contributed by atoms with E-state index in [2.05, 4.69) is 10.6 Å². The van der Waals surface area contributed by atoms with Crippen LogP contribution >= 0.6 is 0 Å². The fraction of sp³-hybridized carbons (Fsp3) is 0.619. The highest BCUT2D eigenvalue weighted by Crippen LogP contribution is 2.24. The molecule has 2 rings (SSSR count). The van der Waals surface area contributed by atoms with Crippen molar-refractivity contribution in [1.29, 1.82) is 0 Å². The van der Waals surface area contributed by atoms with Crippen molar-refractivity contribution in [3.05, 3.63) is 23.8 Å². The number of piperidine rings is 1. The van der Waals surface area contributed by atoms with Crippen LogP contribution in [0.3, 0.4) is 0 Å². The second-order valence-electron chi connectivity index (χ2n) is 6.79. The van der Waals surface area contributed by atoms with Crippen molar-refractivity contribution >= 4 is 12.1 Å². The van der Waals surface area contributed by atoms with E-state index >= 15 is 0 Å². The number of ether oxygens (including phenoxy) is 3. The summed E-state index contributed by atoms with van der Waals surface area (Å²) in [6.45, 7) is 7.08. The average Bonchev–Trinajstić information content (AvgIpc) is 2.74. The van der Waals surface area contributed by atoms with Crippen LogP contribution in [0.1, 0.15) is 32.3 Å². The van der Waals surface area contributed by atoms with E-state index in [1.165, 1.54) is 0 Å². The number of methoxy groups -OCH3 is 2. The zero-order valence-corrected chi connectivity index (χ0v) is 18.0. The van der Waals surface area contributed by atoms with Gasteiger partial charge in [-0.2, -0.15) is 0 Å². The summed E-state index contributed by atoms with van der Waals surface area (Å²) < 4.78 is 15.8. The number of guanidine groups is 1. The molecule has 162 valence electrons. The van der Waals surface area contributed by atoms with Crippen molar-refractivity contribution in [2.45, 2.75) is 39.2 Å². The zero-order chi connectivity index (χ0) is 21.1. The fourth-order valence-electron chi connectivity index (χ4n) is 3.30. The van der Waals surface area contributed by atoms with Gasteiger partial charge in [-0.15, -0.1) is 0 Å². The molecule has 1 heterocycles. The molecule has 0 spiro atoms. The summed E-state index contributed by atoms with van der Waals surface area (Å²) in [5.74, 6) is 2.44. The molecule has 1 amide bonds. The fourth-order valence-corrected chi connectivity index (χ4v) is 3.30. The summed E-state index contributed by atoms with van der Waals surface area (Å²) in [6.07, 6.45) is 2.26. The standard InChI is InChI=1S/C21H34N4O4/c1-5-22-20(24-17-10-13-25(14-11-17)21(26)29-6-2)23-12-9-16-15-18(27-3)7-8-19(16)28-4/h7-8,15,17H,5-6,9-14H2,1-4H3,(H2,22,23,24). The molecule has 0 unspecified atom stereocenters. The zero-order valence-electron chi connectivity index (χ0n) is 18.0. The van der Waals surface area contributed by atoms with E-state index in [0.29, 0.717) is 26.2 Å². The van der Waals surface area contributed by atoms with Gasteiger partial charge < -0.3 is 29.7 Å². The number of hydrogen-bond acceptors (Lipinski definition) is 5. The molecule has 0 atom stereocenters. The number of nitrogens with zero attached hydrogens (tertiary/aromatic N) is 2. The summed E-state index contributed by atoms with van der Waals surface area (Å²) in [5, 5.41) is 6.79. The molecular weight excluding hydrogens is 372 g/mol. The Morgan fingerprint density at radius 3 is 2.59 bits per heavy atom. The lowest BCUT2D eigenvalue weighted by atomic mass is 10.1. The van der Waals surface area contributed by atoms with E-state index in [4.69, 9.17) is 19.2 Å². The SMILES string of the molecule is CCNC(=NCCc1cc(OC)ccc1OC)NC1CCN(C(=O)OCC)CC1. The monoisotopic (exact) mass is 406 g/mol. The number of aliphatic imine (C=N–C) groups is 1. The molecular formula is C21H34N4O4. The minimum Gasteiger partial charge on any atom is -0.497 e. The van der Waals surface area contributed by atoms with Gasteiger partial charge in [0, 0.05) is 32.2 Å². The topological polar surface area (TPSA) is 84.4 Å². The van der Waals surface area contributed by atoms with Crippen LogP contribution in [0.2, 0.25) is 0 Å². The highest BCUT2D eigenvalue weighted by molar-refractivity contribution is 5.80. The van der Waals surface area contributed by atoms with E-state index in [1.807, 2.05) is 32.0 Å². The van der Waals surface area contributed by atoms with Crippen molar-refractivity contribution in [3.8, 4) is 11.5 Å². The first kappa shape index (κ1) is 22.6. The smallest absolute Gasteiger partial charge is 0.409 e. The maximum absolute atomic E-state index is 11.8. The predicted molar refractivity (Wildman–Crippen MR) is 114 cm³/mol. The Kier molecular flexibility index (Phi) is 9.40. The van der Waals surface area contributed by atoms with Gasteiger partial charge in [0.15, 0.2) is 5.96 Å². The minimum absolute atomic E-state index is 0.223. The lowest BCUT2D eigenvalue weighted by molar-refractivity contribution is 0.0963.